The Bertz CT molecular complexity index is 1740. The van der Waals surface area contributed by atoms with Crippen LogP contribution in [0.1, 0.15) is 59.8 Å². The molecular weight excluding hydrogens is 589 g/mol. The highest BCUT2D eigenvalue weighted by atomic mass is 35.5. The van der Waals surface area contributed by atoms with Gasteiger partial charge < -0.3 is 19.3 Å². The van der Waals surface area contributed by atoms with E-state index in [2.05, 4.69) is 30.8 Å². The van der Waals surface area contributed by atoms with Crippen LogP contribution in [0, 0.1) is 5.41 Å². The molecule has 1 aliphatic heterocycles. The third kappa shape index (κ3) is 4.76. The Balaban J connectivity index is 1.14. The number of anilines is 1. The van der Waals surface area contributed by atoms with Gasteiger partial charge in [-0.2, -0.15) is 8.78 Å². The number of nitrogens with zero attached hydrogens (tertiary/aromatic N) is 4. The van der Waals surface area contributed by atoms with Crippen LogP contribution in [0.2, 0.25) is 10.0 Å². The molecule has 1 spiro atoms. The first-order valence-electron chi connectivity index (χ1n) is 13.6. The maximum atomic E-state index is 13.1. The molecule has 7 rings (SSSR count). The zero-order valence-corrected chi connectivity index (χ0v) is 23.6. The highest BCUT2D eigenvalue weighted by Gasteiger charge is 2.44. The average Bonchev–Trinajstić information content (AvgIpc) is 3.70. The van der Waals surface area contributed by atoms with Crippen molar-refractivity contribution in [3.05, 3.63) is 69.8 Å². The van der Waals surface area contributed by atoms with E-state index in [0.717, 1.165) is 68.3 Å². The number of benzene rings is 1. The van der Waals surface area contributed by atoms with E-state index in [1.165, 1.54) is 5.57 Å². The summed E-state index contributed by atoms with van der Waals surface area (Å²) in [6.45, 7) is -1.57. The van der Waals surface area contributed by atoms with Crippen LogP contribution in [-0.2, 0) is 0 Å². The maximum Gasteiger partial charge on any atom is 0.387 e. The minimum Gasteiger partial charge on any atom is -0.477 e. The lowest BCUT2D eigenvalue weighted by atomic mass is 9.63. The van der Waals surface area contributed by atoms with E-state index < -0.39 is 12.6 Å². The number of carboxylic acid groups (broad SMARTS) is 1. The number of pyridine rings is 2. The second kappa shape index (κ2) is 10.2. The van der Waals surface area contributed by atoms with Crippen molar-refractivity contribution in [2.75, 3.05) is 18.0 Å². The number of allylic oxidation sites excluding steroid dienone is 2. The van der Waals surface area contributed by atoms with Crippen molar-refractivity contribution in [1.29, 1.82) is 0 Å². The topological polar surface area (TPSA) is 102 Å². The zero-order chi connectivity index (χ0) is 29.2. The molecule has 2 fully saturated rings. The molecule has 3 aliphatic rings. The van der Waals surface area contributed by atoms with Gasteiger partial charge in [0.1, 0.15) is 17.2 Å². The van der Waals surface area contributed by atoms with Crippen molar-refractivity contribution < 1.29 is 27.9 Å². The molecule has 2 aliphatic carbocycles. The van der Waals surface area contributed by atoms with E-state index >= 15 is 0 Å². The minimum atomic E-state index is -3.09. The Kier molecular flexibility index (Phi) is 6.58. The Hall–Kier alpha value is -3.76. The molecule has 3 aromatic heterocycles. The average molecular weight is 613 g/mol. The van der Waals surface area contributed by atoms with Crippen molar-refractivity contribution in [3.8, 4) is 17.0 Å². The molecule has 42 heavy (non-hydrogen) atoms. The number of halogens is 4. The molecule has 4 aromatic rings. The van der Waals surface area contributed by atoms with Crippen LogP contribution >= 0.6 is 23.2 Å². The summed E-state index contributed by atoms with van der Waals surface area (Å²) in [7, 11) is 0. The molecule has 8 nitrogen and oxygen atoms in total. The van der Waals surface area contributed by atoms with Gasteiger partial charge in [-0.15, -0.1) is 0 Å². The van der Waals surface area contributed by atoms with Gasteiger partial charge in [0, 0.05) is 59.7 Å². The number of piperidine rings is 1. The minimum absolute atomic E-state index is 0.0335. The van der Waals surface area contributed by atoms with Crippen molar-refractivity contribution in [3.63, 3.8) is 0 Å². The number of carboxylic acids is 1. The predicted molar refractivity (Wildman–Crippen MR) is 154 cm³/mol. The summed E-state index contributed by atoms with van der Waals surface area (Å²) in [5, 5.41) is 14.9. The SMILES string of the molecule is O=C(O)c1cc(OC(F)F)c2cc(N3CCC4(C=C(c5c(-c6c(Cl)cncc6Cl)noc5C5CC5)C4)CC3)ccc2n1. The van der Waals surface area contributed by atoms with Crippen LogP contribution in [0.3, 0.4) is 0 Å². The summed E-state index contributed by atoms with van der Waals surface area (Å²) in [4.78, 5) is 21.8. The molecule has 4 heterocycles. The largest absolute Gasteiger partial charge is 0.477 e. The number of aromatic nitrogens is 3. The van der Waals surface area contributed by atoms with Crippen LogP contribution in [0.4, 0.5) is 14.5 Å². The first-order chi connectivity index (χ1) is 20.2. The number of ether oxygens (including phenoxy) is 1. The lowest BCUT2D eigenvalue weighted by molar-refractivity contribution is -0.0489. The summed E-state index contributed by atoms with van der Waals surface area (Å²) < 4.78 is 36.7. The molecule has 1 saturated heterocycles. The summed E-state index contributed by atoms with van der Waals surface area (Å²) in [6.07, 6.45) is 10.3. The number of aromatic carboxylic acids is 1. The van der Waals surface area contributed by atoms with Gasteiger partial charge in [0.05, 0.1) is 15.6 Å². The van der Waals surface area contributed by atoms with Crippen LogP contribution in [0.15, 0.2) is 47.3 Å². The number of alkyl halides is 2. The van der Waals surface area contributed by atoms with E-state index in [-0.39, 0.29) is 22.4 Å². The fraction of sp³-hybridized carbons (Fsp3) is 0.333. The Labute approximate surface area is 248 Å². The summed E-state index contributed by atoms with van der Waals surface area (Å²) >= 11 is 13.0. The predicted octanol–water partition coefficient (Wildman–Crippen LogP) is 7.84. The standard InChI is InChI=1S/C30H24Cl2F2N4O4/c31-19-13-35-14-20(32)25(19)26-24(27(42-37-26)15-1-2-15)16-11-30(12-16)5-7-38(8-6-30)17-3-4-21-18(9-17)23(41-29(33)34)10-22(36-21)28(39)40/h3-4,9-11,13-15,29H,1-2,5-8,12H2,(H,39,40). The van der Waals surface area contributed by atoms with Gasteiger partial charge in [0.2, 0.25) is 0 Å². The number of rotatable bonds is 7. The van der Waals surface area contributed by atoms with E-state index in [0.29, 0.717) is 32.6 Å². The van der Waals surface area contributed by atoms with E-state index in [1.54, 1.807) is 24.5 Å². The fourth-order valence-electron chi connectivity index (χ4n) is 6.14. The van der Waals surface area contributed by atoms with Gasteiger partial charge in [-0.25, -0.2) is 9.78 Å². The van der Waals surface area contributed by atoms with Crippen molar-refractivity contribution >= 4 is 51.3 Å². The first kappa shape index (κ1) is 27.1. The quantitative estimate of drug-likeness (QED) is 0.225. The summed E-state index contributed by atoms with van der Waals surface area (Å²) in [5.74, 6) is -0.276. The Morgan fingerprint density at radius 1 is 1.12 bits per heavy atom. The van der Waals surface area contributed by atoms with Crippen LogP contribution in [0.5, 0.6) is 5.75 Å². The normalized spacial score (nSPS) is 17.9. The maximum absolute atomic E-state index is 13.1. The molecule has 1 aromatic carbocycles. The lowest BCUT2D eigenvalue weighted by Crippen LogP contribution is -2.42. The van der Waals surface area contributed by atoms with Crippen molar-refractivity contribution in [2.24, 2.45) is 5.41 Å². The molecule has 0 radical (unpaired) electrons. The Morgan fingerprint density at radius 3 is 2.48 bits per heavy atom. The number of hydrogen-bond acceptors (Lipinski definition) is 7. The highest BCUT2D eigenvalue weighted by molar-refractivity contribution is 6.39. The molecule has 0 bridgehead atoms. The Morgan fingerprint density at radius 2 is 1.83 bits per heavy atom. The molecule has 1 N–H and O–H groups in total. The van der Waals surface area contributed by atoms with Crippen molar-refractivity contribution in [1.82, 2.24) is 15.1 Å². The number of fused-ring (bicyclic) bond motifs is 1. The molecular formula is C30H24Cl2F2N4O4. The fourth-order valence-corrected chi connectivity index (χ4v) is 6.68. The van der Waals surface area contributed by atoms with E-state index in [9.17, 15) is 18.7 Å². The van der Waals surface area contributed by atoms with E-state index in [4.69, 9.17) is 27.7 Å². The van der Waals surface area contributed by atoms with Gasteiger partial charge in [0.25, 0.3) is 0 Å². The van der Waals surface area contributed by atoms with Crippen molar-refractivity contribution in [2.45, 2.75) is 44.6 Å². The second-order valence-electron chi connectivity index (χ2n) is 11.1. The molecule has 0 amide bonds. The second-order valence-corrected chi connectivity index (χ2v) is 11.9. The molecule has 1 saturated carbocycles. The van der Waals surface area contributed by atoms with E-state index in [1.807, 2.05) is 6.07 Å². The first-order valence-corrected chi connectivity index (χ1v) is 14.4. The highest BCUT2D eigenvalue weighted by Crippen LogP contribution is 2.56. The van der Waals surface area contributed by atoms with Crippen LogP contribution in [0.25, 0.3) is 27.7 Å². The number of hydrogen-bond donors (Lipinski definition) is 1. The zero-order valence-electron chi connectivity index (χ0n) is 22.1. The summed E-state index contributed by atoms with van der Waals surface area (Å²) in [6, 6.07) is 6.25. The molecule has 0 unspecified atom stereocenters. The lowest BCUT2D eigenvalue weighted by Gasteiger charge is -2.47. The van der Waals surface area contributed by atoms with Gasteiger partial charge in [-0.05, 0) is 61.3 Å². The van der Waals surface area contributed by atoms with Gasteiger partial charge in [0.15, 0.2) is 5.69 Å². The molecule has 216 valence electrons. The summed E-state index contributed by atoms with van der Waals surface area (Å²) in [5.41, 5.74) is 4.26. The van der Waals surface area contributed by atoms with Gasteiger partial charge in [-0.3, -0.25) is 4.98 Å². The number of carbonyl (C=O) groups is 1. The van der Waals surface area contributed by atoms with Crippen LogP contribution < -0.4 is 9.64 Å². The van der Waals surface area contributed by atoms with Gasteiger partial charge in [-0.1, -0.05) is 34.4 Å². The van der Waals surface area contributed by atoms with Gasteiger partial charge >= 0.3 is 12.6 Å². The third-order valence-electron chi connectivity index (χ3n) is 8.41. The van der Waals surface area contributed by atoms with Crippen LogP contribution in [-0.4, -0.2) is 45.9 Å². The molecule has 12 heteroatoms. The monoisotopic (exact) mass is 612 g/mol. The molecule has 0 atom stereocenters. The smallest absolute Gasteiger partial charge is 0.387 e. The third-order valence-corrected chi connectivity index (χ3v) is 8.99.